The van der Waals surface area contributed by atoms with E-state index < -0.39 is 0 Å². The Kier molecular flexibility index (Phi) is 3.45. The minimum Gasteiger partial charge on any atom is -0.129 e. The van der Waals surface area contributed by atoms with Gasteiger partial charge in [-0.05, 0) is 31.3 Å². The maximum absolute atomic E-state index is 3.30. The summed E-state index contributed by atoms with van der Waals surface area (Å²) in [6, 6.07) is 0. The molecule has 0 aromatic carbocycles. The van der Waals surface area contributed by atoms with E-state index in [0.717, 1.165) is 0 Å². The molecule has 0 unspecified atom stereocenters. The van der Waals surface area contributed by atoms with E-state index in [1.54, 1.807) is 0 Å². The van der Waals surface area contributed by atoms with Gasteiger partial charge in [0, 0.05) is 0 Å². The lowest BCUT2D eigenvalue weighted by Gasteiger charge is -2.05. The van der Waals surface area contributed by atoms with Crippen LogP contribution in [0.5, 0.6) is 0 Å². The molecule has 1 radical (unpaired) electrons. The van der Waals surface area contributed by atoms with Crippen LogP contribution in [0, 0.1) is 11.5 Å². The minimum absolute atomic E-state index is 0.335. The summed E-state index contributed by atoms with van der Waals surface area (Å²) in [6.45, 7) is 4.47. The van der Waals surface area contributed by atoms with Gasteiger partial charge in [-0.3, -0.25) is 0 Å². The predicted molar refractivity (Wildman–Crippen MR) is 51.8 cm³/mol. The van der Waals surface area contributed by atoms with Crippen molar-refractivity contribution in [3.8, 4) is 11.5 Å². The Balaban J connectivity index is 2.49. The second-order valence-electron chi connectivity index (χ2n) is 3.23. The van der Waals surface area contributed by atoms with Crippen molar-refractivity contribution in [1.82, 2.24) is 0 Å². The summed E-state index contributed by atoms with van der Waals surface area (Å²) in [6.07, 6.45) is 7.49. The first-order chi connectivity index (χ1) is 5.29. The summed E-state index contributed by atoms with van der Waals surface area (Å²) >= 11 is 0. The molecule has 1 rings (SSSR count). The highest BCUT2D eigenvalue weighted by Crippen LogP contribution is 2.15. The van der Waals surface area contributed by atoms with Gasteiger partial charge in [-0.2, -0.15) is 0 Å². The number of allylic oxidation sites excluding steroid dienone is 2. The third-order valence-electron chi connectivity index (χ3n) is 1.76. The molecule has 0 aliphatic heterocycles. The van der Waals surface area contributed by atoms with E-state index >= 15 is 0 Å². The Labute approximate surface area is 71.3 Å². The highest BCUT2D eigenvalue weighted by Gasteiger charge is 1.99. The summed E-state index contributed by atoms with van der Waals surface area (Å²) in [5.41, 5.74) is 4.69. The Bertz CT molecular complexity index is 203. The van der Waals surface area contributed by atoms with Crippen LogP contribution >= 0.6 is 0 Å². The zero-order valence-corrected chi connectivity index (χ0v) is 8.41. The number of rotatable bonds is 0. The van der Waals surface area contributed by atoms with Crippen molar-refractivity contribution in [2.24, 2.45) is 0 Å². The average molecular weight is 163 g/mol. The smallest absolute Gasteiger partial charge is 0.129 e. The van der Waals surface area contributed by atoms with Crippen LogP contribution in [-0.2, 0) is 0 Å². The summed E-state index contributed by atoms with van der Waals surface area (Å²) in [5, 5.41) is 0. The Morgan fingerprint density at radius 2 is 2.18 bits per heavy atom. The van der Waals surface area contributed by atoms with Crippen LogP contribution in [0.4, 0.5) is 0 Å². The van der Waals surface area contributed by atoms with Gasteiger partial charge in [-0.15, -0.1) is 5.54 Å². The second-order valence-corrected chi connectivity index (χ2v) is 5.48. The van der Waals surface area contributed by atoms with Crippen molar-refractivity contribution >= 4 is 8.80 Å². The van der Waals surface area contributed by atoms with E-state index in [1.165, 1.54) is 31.3 Å². The largest absolute Gasteiger partial charge is 0.138 e. The minimum atomic E-state index is -0.335. The third-order valence-corrected chi connectivity index (χ3v) is 2.39. The number of hydrogen-bond acceptors (Lipinski definition) is 0. The molecule has 0 heterocycles. The van der Waals surface area contributed by atoms with Crippen LogP contribution in [0.15, 0.2) is 11.6 Å². The summed E-state index contributed by atoms with van der Waals surface area (Å²) < 4.78 is 0. The Morgan fingerprint density at radius 3 is 2.73 bits per heavy atom. The van der Waals surface area contributed by atoms with Crippen LogP contribution in [0.3, 0.4) is 0 Å². The van der Waals surface area contributed by atoms with Crippen LogP contribution in [0.1, 0.15) is 25.7 Å². The van der Waals surface area contributed by atoms with Gasteiger partial charge in [0.15, 0.2) is 0 Å². The highest BCUT2D eigenvalue weighted by atomic mass is 28.3. The highest BCUT2D eigenvalue weighted by molar-refractivity contribution is 6.64. The van der Waals surface area contributed by atoms with E-state index in [2.05, 4.69) is 30.6 Å². The molecule has 0 amide bonds. The molecule has 0 aromatic rings. The van der Waals surface area contributed by atoms with E-state index in [-0.39, 0.29) is 8.80 Å². The zero-order chi connectivity index (χ0) is 8.10. The lowest BCUT2D eigenvalue weighted by atomic mass is 10.0. The fraction of sp³-hybridized carbons (Fsp3) is 0.600. The van der Waals surface area contributed by atoms with Crippen molar-refractivity contribution in [2.75, 3.05) is 0 Å². The monoisotopic (exact) mass is 163 g/mol. The summed E-state index contributed by atoms with van der Waals surface area (Å²) in [5.74, 6) is 3.28. The molecule has 0 nitrogen and oxygen atoms in total. The van der Waals surface area contributed by atoms with E-state index in [4.69, 9.17) is 0 Å². The molecular formula is C10H15Si. The molecule has 1 heteroatoms. The Hall–Kier alpha value is -0.483. The molecule has 1 aliphatic rings. The molecule has 0 N–H and O–H groups in total. The zero-order valence-electron chi connectivity index (χ0n) is 7.41. The summed E-state index contributed by atoms with van der Waals surface area (Å²) in [7, 11) is -0.335. The first kappa shape index (κ1) is 8.61. The summed E-state index contributed by atoms with van der Waals surface area (Å²) in [4.78, 5) is 0. The average Bonchev–Trinajstić information content (AvgIpc) is 2.03. The SMILES string of the molecule is C[Si](C)C#CC1=CCCCC1. The molecule has 11 heavy (non-hydrogen) atoms. The van der Waals surface area contributed by atoms with Crippen LogP contribution in [0.25, 0.3) is 0 Å². The maximum Gasteiger partial charge on any atom is 0.138 e. The van der Waals surface area contributed by atoms with Gasteiger partial charge in [0.1, 0.15) is 8.80 Å². The second kappa shape index (κ2) is 4.41. The van der Waals surface area contributed by atoms with E-state index in [9.17, 15) is 0 Å². The quantitative estimate of drug-likeness (QED) is 0.380. The van der Waals surface area contributed by atoms with Gasteiger partial charge in [-0.1, -0.05) is 25.1 Å². The number of hydrogen-bond donors (Lipinski definition) is 0. The molecule has 0 saturated carbocycles. The van der Waals surface area contributed by atoms with Crippen LogP contribution in [-0.4, -0.2) is 8.80 Å². The van der Waals surface area contributed by atoms with Crippen molar-refractivity contribution in [1.29, 1.82) is 0 Å². The third kappa shape index (κ3) is 3.43. The molecule has 0 aromatic heterocycles. The molecule has 0 bridgehead atoms. The maximum atomic E-state index is 3.30. The lowest BCUT2D eigenvalue weighted by Crippen LogP contribution is -1.95. The molecule has 0 saturated heterocycles. The molecule has 0 fully saturated rings. The van der Waals surface area contributed by atoms with Gasteiger partial charge >= 0.3 is 0 Å². The fourth-order valence-corrected chi connectivity index (χ4v) is 1.57. The van der Waals surface area contributed by atoms with Crippen LogP contribution in [0.2, 0.25) is 13.1 Å². The van der Waals surface area contributed by atoms with E-state index in [0.29, 0.717) is 0 Å². The first-order valence-corrected chi connectivity index (χ1v) is 6.80. The standard InChI is InChI=1S/C10H15Si/c1-11(2)9-8-10-6-4-3-5-7-10/h6H,3-5,7H2,1-2H3. The molecule has 0 atom stereocenters. The molecule has 1 aliphatic carbocycles. The van der Waals surface area contributed by atoms with Gasteiger partial charge in [-0.25, -0.2) is 0 Å². The van der Waals surface area contributed by atoms with Gasteiger partial charge < -0.3 is 0 Å². The van der Waals surface area contributed by atoms with Crippen LogP contribution < -0.4 is 0 Å². The van der Waals surface area contributed by atoms with Crippen molar-refractivity contribution in [3.63, 3.8) is 0 Å². The Morgan fingerprint density at radius 1 is 1.36 bits per heavy atom. The first-order valence-electron chi connectivity index (χ1n) is 4.30. The normalized spacial score (nSPS) is 17.2. The topological polar surface area (TPSA) is 0 Å². The van der Waals surface area contributed by atoms with Gasteiger partial charge in [0.2, 0.25) is 0 Å². The molecular weight excluding hydrogens is 148 g/mol. The van der Waals surface area contributed by atoms with Gasteiger partial charge in [0.05, 0.1) is 0 Å². The lowest BCUT2D eigenvalue weighted by molar-refractivity contribution is 0.715. The van der Waals surface area contributed by atoms with Crippen molar-refractivity contribution in [2.45, 2.75) is 38.8 Å². The van der Waals surface area contributed by atoms with E-state index in [1.807, 2.05) is 0 Å². The molecule has 0 spiro atoms. The van der Waals surface area contributed by atoms with Crippen molar-refractivity contribution < 1.29 is 0 Å². The predicted octanol–water partition coefficient (Wildman–Crippen LogP) is 2.78. The fourth-order valence-electron chi connectivity index (χ4n) is 1.16. The van der Waals surface area contributed by atoms with Crippen molar-refractivity contribution in [3.05, 3.63) is 11.6 Å². The van der Waals surface area contributed by atoms with Gasteiger partial charge in [0.25, 0.3) is 0 Å². The molecule has 59 valence electrons.